The second-order valence-corrected chi connectivity index (χ2v) is 6.98. The first-order chi connectivity index (χ1) is 11.4. The monoisotopic (exact) mass is 323 g/mol. The number of hydrogen-bond donors (Lipinski definition) is 0. The molecule has 0 atom stereocenters. The molecule has 0 unspecified atom stereocenters. The van der Waals surface area contributed by atoms with E-state index in [-0.39, 0.29) is 0 Å². The molecule has 0 radical (unpaired) electrons. The van der Waals surface area contributed by atoms with Crippen LogP contribution in [0.1, 0.15) is 122 Å². The zero-order chi connectivity index (χ0) is 16.8. The normalized spacial score (nSPS) is 10.7. The van der Waals surface area contributed by atoms with E-state index in [1.165, 1.54) is 109 Å². The van der Waals surface area contributed by atoms with E-state index in [4.69, 9.17) is 0 Å². The summed E-state index contributed by atoms with van der Waals surface area (Å²) in [5.74, 6) is 0. The average Bonchev–Trinajstić information content (AvgIpc) is 2.57. The molecule has 2 heteroatoms. The summed E-state index contributed by atoms with van der Waals surface area (Å²) in [5.41, 5.74) is 0. The summed E-state index contributed by atoms with van der Waals surface area (Å²) in [7, 11) is 0. The molecule has 0 bridgehead atoms. The number of isocyanates is 1. The minimum atomic E-state index is 0.669. The maximum absolute atomic E-state index is 9.90. The Kier molecular flexibility index (Phi) is 20.8. The molecular formula is C21H41NO. The van der Waals surface area contributed by atoms with E-state index >= 15 is 0 Å². The van der Waals surface area contributed by atoms with Crippen molar-refractivity contribution < 1.29 is 4.79 Å². The minimum Gasteiger partial charge on any atom is -0.211 e. The molecule has 0 aliphatic heterocycles. The van der Waals surface area contributed by atoms with Crippen LogP contribution in [0.25, 0.3) is 0 Å². The van der Waals surface area contributed by atoms with Crippen LogP contribution in [0, 0.1) is 0 Å². The Balaban J connectivity index is 2.96. The van der Waals surface area contributed by atoms with Crippen LogP contribution < -0.4 is 0 Å². The van der Waals surface area contributed by atoms with Gasteiger partial charge in [0.25, 0.3) is 0 Å². The molecule has 0 heterocycles. The highest BCUT2D eigenvalue weighted by molar-refractivity contribution is 5.32. The van der Waals surface area contributed by atoms with Crippen LogP contribution in [0.5, 0.6) is 0 Å². The van der Waals surface area contributed by atoms with Crippen molar-refractivity contribution in [1.29, 1.82) is 0 Å². The summed E-state index contributed by atoms with van der Waals surface area (Å²) < 4.78 is 0. The van der Waals surface area contributed by atoms with Crippen LogP contribution in [0.15, 0.2) is 4.99 Å². The summed E-state index contributed by atoms with van der Waals surface area (Å²) in [4.78, 5) is 13.5. The number of hydrogen-bond acceptors (Lipinski definition) is 2. The van der Waals surface area contributed by atoms with Gasteiger partial charge in [0.05, 0.1) is 6.54 Å². The van der Waals surface area contributed by atoms with E-state index in [0.717, 1.165) is 6.42 Å². The standard InChI is InChI=1S/C21H41NO/c1-2-3-4-5-6-7-8-9-10-11-12-13-14-15-16-17-18-19-20-22-21-23/h2-20H2,1H3. The minimum absolute atomic E-state index is 0.669. The van der Waals surface area contributed by atoms with Crippen molar-refractivity contribution in [3.05, 3.63) is 0 Å². The third kappa shape index (κ3) is 21.4. The summed E-state index contributed by atoms with van der Waals surface area (Å²) in [6.45, 7) is 2.95. The third-order valence-corrected chi connectivity index (χ3v) is 4.69. The van der Waals surface area contributed by atoms with E-state index in [2.05, 4.69) is 11.9 Å². The molecule has 0 fully saturated rings. The smallest absolute Gasteiger partial charge is 0.211 e. The van der Waals surface area contributed by atoms with E-state index in [1.807, 2.05) is 0 Å². The van der Waals surface area contributed by atoms with Gasteiger partial charge in [-0.1, -0.05) is 116 Å². The predicted octanol–water partition coefficient (Wildman–Crippen LogP) is 7.36. The van der Waals surface area contributed by atoms with Crippen molar-refractivity contribution >= 4 is 6.08 Å². The second kappa shape index (κ2) is 21.4. The summed E-state index contributed by atoms with van der Waals surface area (Å²) in [5, 5.41) is 0. The molecule has 23 heavy (non-hydrogen) atoms. The van der Waals surface area contributed by atoms with Crippen molar-refractivity contribution in [1.82, 2.24) is 0 Å². The van der Waals surface area contributed by atoms with E-state index in [1.54, 1.807) is 6.08 Å². The lowest BCUT2D eigenvalue weighted by Crippen LogP contribution is -1.85. The Morgan fingerprint density at radius 1 is 0.522 bits per heavy atom. The summed E-state index contributed by atoms with van der Waals surface area (Å²) in [6, 6.07) is 0. The van der Waals surface area contributed by atoms with Crippen molar-refractivity contribution in [3.63, 3.8) is 0 Å². The van der Waals surface area contributed by atoms with E-state index < -0.39 is 0 Å². The van der Waals surface area contributed by atoms with Crippen molar-refractivity contribution in [3.8, 4) is 0 Å². The van der Waals surface area contributed by atoms with E-state index in [0.29, 0.717) is 6.54 Å². The highest BCUT2D eigenvalue weighted by Gasteiger charge is 1.94. The van der Waals surface area contributed by atoms with Gasteiger partial charge in [0, 0.05) is 0 Å². The van der Waals surface area contributed by atoms with Crippen LogP contribution in [0.2, 0.25) is 0 Å². The maximum Gasteiger partial charge on any atom is 0.234 e. The molecule has 0 spiro atoms. The lowest BCUT2D eigenvalue weighted by molar-refractivity contribution is 0.525. The molecule has 136 valence electrons. The van der Waals surface area contributed by atoms with Gasteiger partial charge in [-0.2, -0.15) is 0 Å². The van der Waals surface area contributed by atoms with Gasteiger partial charge in [-0.3, -0.25) is 0 Å². The number of unbranched alkanes of at least 4 members (excludes halogenated alkanes) is 17. The highest BCUT2D eigenvalue weighted by Crippen LogP contribution is 2.14. The fourth-order valence-corrected chi connectivity index (χ4v) is 3.14. The molecule has 0 saturated carbocycles. The van der Waals surface area contributed by atoms with Gasteiger partial charge in [0.2, 0.25) is 6.08 Å². The summed E-state index contributed by atoms with van der Waals surface area (Å²) >= 11 is 0. The van der Waals surface area contributed by atoms with Crippen LogP contribution in [-0.2, 0) is 4.79 Å². The Bertz CT molecular complexity index is 259. The number of nitrogens with zero attached hydrogens (tertiary/aromatic N) is 1. The number of carbonyl (C=O) groups excluding carboxylic acids is 1. The van der Waals surface area contributed by atoms with Crippen LogP contribution >= 0.6 is 0 Å². The second-order valence-electron chi connectivity index (χ2n) is 6.98. The number of rotatable bonds is 19. The molecule has 0 aromatic rings. The van der Waals surface area contributed by atoms with Crippen LogP contribution in [0.4, 0.5) is 0 Å². The molecular weight excluding hydrogens is 282 g/mol. The molecule has 0 amide bonds. The zero-order valence-corrected chi connectivity index (χ0v) is 15.8. The lowest BCUT2D eigenvalue weighted by Gasteiger charge is -2.03. The van der Waals surface area contributed by atoms with Crippen molar-refractivity contribution in [2.45, 2.75) is 122 Å². The van der Waals surface area contributed by atoms with Gasteiger partial charge >= 0.3 is 0 Å². The van der Waals surface area contributed by atoms with Gasteiger partial charge in [0.15, 0.2) is 0 Å². The summed E-state index contributed by atoms with van der Waals surface area (Å²) in [6.07, 6.45) is 26.6. The lowest BCUT2D eigenvalue weighted by atomic mass is 10.0. The molecule has 0 aromatic carbocycles. The number of aliphatic imine (C=N–C) groups is 1. The quantitative estimate of drug-likeness (QED) is 0.139. The Hall–Kier alpha value is -0.620. The Morgan fingerprint density at radius 2 is 0.826 bits per heavy atom. The largest absolute Gasteiger partial charge is 0.234 e. The third-order valence-electron chi connectivity index (χ3n) is 4.69. The maximum atomic E-state index is 9.90. The first kappa shape index (κ1) is 22.4. The van der Waals surface area contributed by atoms with E-state index in [9.17, 15) is 4.79 Å². The average molecular weight is 324 g/mol. The molecule has 0 N–H and O–H groups in total. The fraction of sp³-hybridized carbons (Fsp3) is 0.952. The van der Waals surface area contributed by atoms with Gasteiger partial charge in [-0.25, -0.2) is 9.79 Å². The molecule has 0 aliphatic rings. The highest BCUT2D eigenvalue weighted by atomic mass is 16.1. The van der Waals surface area contributed by atoms with Crippen LogP contribution in [0.3, 0.4) is 0 Å². The first-order valence-electron chi connectivity index (χ1n) is 10.5. The van der Waals surface area contributed by atoms with Gasteiger partial charge in [-0.05, 0) is 6.42 Å². The van der Waals surface area contributed by atoms with Crippen molar-refractivity contribution in [2.24, 2.45) is 4.99 Å². The van der Waals surface area contributed by atoms with Gasteiger partial charge in [-0.15, -0.1) is 0 Å². The zero-order valence-electron chi connectivity index (χ0n) is 15.8. The van der Waals surface area contributed by atoms with Gasteiger partial charge in [0.1, 0.15) is 0 Å². The predicted molar refractivity (Wildman–Crippen MR) is 102 cm³/mol. The van der Waals surface area contributed by atoms with Crippen molar-refractivity contribution in [2.75, 3.05) is 6.54 Å². The fourth-order valence-electron chi connectivity index (χ4n) is 3.14. The molecule has 0 aliphatic carbocycles. The molecule has 2 nitrogen and oxygen atoms in total. The molecule has 0 aromatic heterocycles. The van der Waals surface area contributed by atoms with Gasteiger partial charge < -0.3 is 0 Å². The van der Waals surface area contributed by atoms with Crippen LogP contribution in [-0.4, -0.2) is 12.6 Å². The topological polar surface area (TPSA) is 29.4 Å². The molecule has 0 saturated heterocycles. The molecule has 0 rings (SSSR count). The Morgan fingerprint density at radius 3 is 1.13 bits per heavy atom. The Labute approximate surface area is 145 Å². The first-order valence-corrected chi connectivity index (χ1v) is 10.5. The SMILES string of the molecule is CCCCCCCCCCCCCCCCCCCCN=C=O.